The van der Waals surface area contributed by atoms with Gasteiger partial charge in [0.2, 0.25) is 0 Å². The summed E-state index contributed by atoms with van der Waals surface area (Å²) in [6, 6.07) is 18.6. The molecule has 5 nitrogen and oxygen atoms in total. The maximum Gasteiger partial charge on any atom is 0.335 e. The average Bonchev–Trinajstić information content (AvgIpc) is 2.60. The van der Waals surface area contributed by atoms with Crippen molar-refractivity contribution in [1.29, 1.82) is 0 Å². The molecule has 1 aromatic heterocycles. The highest BCUT2D eigenvalue weighted by Crippen LogP contribution is 2.23. The first-order valence-corrected chi connectivity index (χ1v) is 8.71. The van der Waals surface area contributed by atoms with E-state index in [1.54, 1.807) is 36.0 Å². The van der Waals surface area contributed by atoms with E-state index in [4.69, 9.17) is 5.11 Å². The lowest BCUT2D eigenvalue weighted by Crippen LogP contribution is -2.01. The van der Waals surface area contributed by atoms with Gasteiger partial charge in [-0.1, -0.05) is 48.2 Å². The molecule has 0 aliphatic carbocycles. The normalized spacial score (nSPS) is 10.4. The van der Waals surface area contributed by atoms with Crippen molar-refractivity contribution in [1.82, 2.24) is 9.97 Å². The minimum atomic E-state index is -0.957. The molecule has 0 saturated heterocycles. The highest BCUT2D eigenvalue weighted by Gasteiger charge is 2.07. The molecule has 0 fully saturated rings. The molecule has 6 heteroatoms. The van der Waals surface area contributed by atoms with E-state index < -0.39 is 5.97 Å². The first kappa shape index (κ1) is 17.0. The maximum absolute atomic E-state index is 11.1. The van der Waals surface area contributed by atoms with Crippen molar-refractivity contribution in [2.45, 2.75) is 17.8 Å². The molecule has 0 radical (unpaired) electrons. The standard InChI is InChI=1S/C19H17N3O2S/c1-13-10-17(21-16-9-5-8-15(11-16)18(23)24)22-19(20-13)25-12-14-6-3-2-4-7-14/h2-11H,12H2,1H3,(H,23,24)(H,20,21,22). The number of carbonyl (C=O) groups is 1. The average molecular weight is 351 g/mol. The number of nitrogens with zero attached hydrogens (tertiary/aromatic N) is 2. The largest absolute Gasteiger partial charge is 0.478 e. The van der Waals surface area contributed by atoms with E-state index in [-0.39, 0.29) is 5.56 Å². The van der Waals surface area contributed by atoms with Gasteiger partial charge >= 0.3 is 5.97 Å². The van der Waals surface area contributed by atoms with Crippen LogP contribution in [0.3, 0.4) is 0 Å². The van der Waals surface area contributed by atoms with E-state index in [0.717, 1.165) is 11.4 Å². The van der Waals surface area contributed by atoms with Crippen LogP contribution in [0.1, 0.15) is 21.6 Å². The van der Waals surface area contributed by atoms with Crippen LogP contribution in [-0.2, 0) is 5.75 Å². The number of thioether (sulfide) groups is 1. The van der Waals surface area contributed by atoms with Crippen molar-refractivity contribution < 1.29 is 9.90 Å². The van der Waals surface area contributed by atoms with Crippen molar-refractivity contribution in [2.75, 3.05) is 5.32 Å². The van der Waals surface area contributed by atoms with Crippen LogP contribution in [0.5, 0.6) is 0 Å². The van der Waals surface area contributed by atoms with Crippen LogP contribution >= 0.6 is 11.8 Å². The van der Waals surface area contributed by atoms with Gasteiger partial charge < -0.3 is 10.4 Å². The van der Waals surface area contributed by atoms with Gasteiger partial charge in [-0.25, -0.2) is 14.8 Å². The van der Waals surface area contributed by atoms with Crippen LogP contribution in [0.25, 0.3) is 0 Å². The minimum Gasteiger partial charge on any atom is -0.478 e. The highest BCUT2D eigenvalue weighted by molar-refractivity contribution is 7.98. The molecule has 126 valence electrons. The first-order valence-electron chi connectivity index (χ1n) is 7.73. The summed E-state index contributed by atoms with van der Waals surface area (Å²) in [6.07, 6.45) is 0. The summed E-state index contributed by atoms with van der Waals surface area (Å²) in [4.78, 5) is 20.0. The second-order valence-electron chi connectivity index (χ2n) is 5.46. The van der Waals surface area contributed by atoms with E-state index in [1.165, 1.54) is 5.56 Å². The van der Waals surface area contributed by atoms with Crippen LogP contribution < -0.4 is 5.32 Å². The van der Waals surface area contributed by atoms with E-state index >= 15 is 0 Å². The van der Waals surface area contributed by atoms with Crippen molar-refractivity contribution in [3.8, 4) is 0 Å². The predicted octanol–water partition coefficient (Wildman–Crippen LogP) is 4.52. The van der Waals surface area contributed by atoms with E-state index in [0.29, 0.717) is 16.7 Å². The van der Waals surface area contributed by atoms with Gasteiger partial charge in [-0.15, -0.1) is 0 Å². The third kappa shape index (κ3) is 4.81. The monoisotopic (exact) mass is 351 g/mol. The molecule has 0 amide bonds. The van der Waals surface area contributed by atoms with Gasteiger partial charge in [0.25, 0.3) is 0 Å². The molecule has 2 aromatic carbocycles. The molecule has 2 N–H and O–H groups in total. The molecule has 0 aliphatic rings. The predicted molar refractivity (Wildman–Crippen MR) is 99.5 cm³/mol. The second kappa shape index (κ2) is 7.81. The van der Waals surface area contributed by atoms with Gasteiger partial charge in [0.15, 0.2) is 5.16 Å². The fourth-order valence-electron chi connectivity index (χ4n) is 2.27. The molecule has 0 atom stereocenters. The van der Waals surface area contributed by atoms with E-state index in [1.807, 2.05) is 31.2 Å². The summed E-state index contributed by atoms with van der Waals surface area (Å²) in [5.41, 5.74) is 2.97. The Morgan fingerprint density at radius 1 is 1.08 bits per heavy atom. The molecule has 0 bridgehead atoms. The topological polar surface area (TPSA) is 75.1 Å². The first-order chi connectivity index (χ1) is 12.1. The summed E-state index contributed by atoms with van der Waals surface area (Å²) >= 11 is 1.56. The molecule has 0 aliphatic heterocycles. The Hall–Kier alpha value is -2.86. The van der Waals surface area contributed by atoms with Gasteiger partial charge in [0.1, 0.15) is 5.82 Å². The third-order valence-corrected chi connectivity index (χ3v) is 4.34. The molecule has 3 rings (SSSR count). The number of rotatable bonds is 6. The number of aromatic carboxylic acids is 1. The lowest BCUT2D eigenvalue weighted by Gasteiger charge is -2.09. The molecule has 25 heavy (non-hydrogen) atoms. The highest BCUT2D eigenvalue weighted by atomic mass is 32.2. The van der Waals surface area contributed by atoms with Crippen LogP contribution in [0.15, 0.2) is 65.8 Å². The van der Waals surface area contributed by atoms with Crippen molar-refractivity contribution in [3.63, 3.8) is 0 Å². The second-order valence-corrected chi connectivity index (χ2v) is 6.40. The van der Waals surface area contributed by atoms with Crippen LogP contribution in [0.4, 0.5) is 11.5 Å². The summed E-state index contributed by atoms with van der Waals surface area (Å²) in [6.45, 7) is 1.91. The molecule has 3 aromatic rings. The summed E-state index contributed by atoms with van der Waals surface area (Å²) in [5.74, 6) is 0.477. The SMILES string of the molecule is Cc1cc(Nc2cccc(C(=O)O)c2)nc(SCc2ccccc2)n1. The summed E-state index contributed by atoms with van der Waals surface area (Å²) < 4.78 is 0. The lowest BCUT2D eigenvalue weighted by molar-refractivity contribution is 0.0697. The number of benzene rings is 2. The smallest absolute Gasteiger partial charge is 0.335 e. The Morgan fingerprint density at radius 3 is 2.64 bits per heavy atom. The molecule has 1 heterocycles. The zero-order valence-electron chi connectivity index (χ0n) is 13.6. The van der Waals surface area contributed by atoms with E-state index in [9.17, 15) is 4.79 Å². The zero-order valence-corrected chi connectivity index (χ0v) is 14.5. The molecule has 0 spiro atoms. The number of carboxylic acids is 1. The van der Waals surface area contributed by atoms with Crippen molar-refractivity contribution >= 4 is 29.2 Å². The number of hydrogen-bond acceptors (Lipinski definition) is 5. The van der Waals surface area contributed by atoms with Crippen LogP contribution in [0.2, 0.25) is 0 Å². The Morgan fingerprint density at radius 2 is 1.88 bits per heavy atom. The van der Waals surface area contributed by atoms with Gasteiger partial charge in [-0.05, 0) is 30.7 Å². The zero-order chi connectivity index (χ0) is 17.6. The number of hydrogen-bond donors (Lipinski definition) is 2. The number of carboxylic acid groups (broad SMARTS) is 1. The Kier molecular flexibility index (Phi) is 5.30. The Labute approximate surface area is 150 Å². The summed E-state index contributed by atoms with van der Waals surface area (Å²) in [7, 11) is 0. The minimum absolute atomic E-state index is 0.231. The third-order valence-electron chi connectivity index (χ3n) is 3.43. The number of aryl methyl sites for hydroxylation is 1. The Bertz CT molecular complexity index is 885. The van der Waals surface area contributed by atoms with Crippen molar-refractivity contribution in [2.24, 2.45) is 0 Å². The van der Waals surface area contributed by atoms with E-state index in [2.05, 4.69) is 27.4 Å². The van der Waals surface area contributed by atoms with Crippen molar-refractivity contribution in [3.05, 3.63) is 77.5 Å². The summed E-state index contributed by atoms with van der Waals surface area (Å²) in [5, 5.41) is 12.9. The molecule has 0 unspecified atom stereocenters. The van der Waals surface area contributed by atoms with Gasteiger partial charge in [0.05, 0.1) is 5.56 Å². The quantitative estimate of drug-likeness (QED) is 0.502. The molecule has 0 saturated carbocycles. The fourth-order valence-corrected chi connectivity index (χ4v) is 3.13. The lowest BCUT2D eigenvalue weighted by atomic mass is 10.2. The fraction of sp³-hybridized carbons (Fsp3) is 0.105. The van der Waals surface area contributed by atoms with Gasteiger partial charge in [0, 0.05) is 23.2 Å². The molecular weight excluding hydrogens is 334 g/mol. The Balaban J connectivity index is 1.75. The number of nitrogens with one attached hydrogen (secondary N) is 1. The van der Waals surface area contributed by atoms with Gasteiger partial charge in [-0.2, -0.15) is 0 Å². The maximum atomic E-state index is 11.1. The molecular formula is C19H17N3O2S. The van der Waals surface area contributed by atoms with Crippen LogP contribution in [0, 0.1) is 6.92 Å². The number of aromatic nitrogens is 2. The van der Waals surface area contributed by atoms with Crippen LogP contribution in [-0.4, -0.2) is 21.0 Å². The van der Waals surface area contributed by atoms with Gasteiger partial charge in [-0.3, -0.25) is 0 Å². The number of anilines is 2.